The molecule has 0 atom stereocenters. The zero-order chi connectivity index (χ0) is 14.9. The number of thioether (sulfide) groups is 1. The fourth-order valence-electron chi connectivity index (χ4n) is 1.60. The van der Waals surface area contributed by atoms with Crippen molar-refractivity contribution in [2.24, 2.45) is 5.73 Å². The molecule has 1 heterocycles. The second kappa shape index (κ2) is 8.30. The molecule has 0 saturated heterocycles. The summed E-state index contributed by atoms with van der Waals surface area (Å²) in [6.45, 7) is 2.91. The van der Waals surface area contributed by atoms with Gasteiger partial charge in [-0.1, -0.05) is 29.7 Å². The van der Waals surface area contributed by atoms with Crippen LogP contribution >= 0.6 is 11.8 Å². The first-order valence-electron chi connectivity index (χ1n) is 6.62. The third-order valence-corrected chi connectivity index (χ3v) is 3.35. The SMILES string of the molecule is Cc1ccnc(SCCOc2cccc(C#CCN)c2)n1. The lowest BCUT2D eigenvalue weighted by molar-refractivity contribution is 0.344. The molecule has 21 heavy (non-hydrogen) atoms. The van der Waals surface area contributed by atoms with E-state index in [1.807, 2.05) is 37.3 Å². The number of aryl methyl sites for hydroxylation is 1. The van der Waals surface area contributed by atoms with E-state index in [1.165, 1.54) is 0 Å². The van der Waals surface area contributed by atoms with Crippen LogP contribution in [0.4, 0.5) is 0 Å². The molecule has 0 amide bonds. The highest BCUT2D eigenvalue weighted by Crippen LogP contribution is 2.15. The van der Waals surface area contributed by atoms with Crippen molar-refractivity contribution in [2.75, 3.05) is 18.9 Å². The van der Waals surface area contributed by atoms with Crippen molar-refractivity contribution < 1.29 is 4.74 Å². The van der Waals surface area contributed by atoms with Crippen LogP contribution in [-0.2, 0) is 0 Å². The van der Waals surface area contributed by atoms with E-state index in [2.05, 4.69) is 21.8 Å². The lowest BCUT2D eigenvalue weighted by atomic mass is 10.2. The summed E-state index contributed by atoms with van der Waals surface area (Å²) in [4.78, 5) is 8.53. The van der Waals surface area contributed by atoms with Gasteiger partial charge in [0.05, 0.1) is 13.2 Å². The summed E-state index contributed by atoms with van der Waals surface area (Å²) in [7, 11) is 0. The molecule has 108 valence electrons. The molecule has 0 aliphatic heterocycles. The molecule has 0 aliphatic carbocycles. The van der Waals surface area contributed by atoms with E-state index in [-0.39, 0.29) is 0 Å². The number of hydrogen-bond donors (Lipinski definition) is 1. The zero-order valence-electron chi connectivity index (χ0n) is 11.9. The molecule has 1 aromatic heterocycles. The zero-order valence-corrected chi connectivity index (χ0v) is 12.7. The van der Waals surface area contributed by atoms with E-state index in [1.54, 1.807) is 18.0 Å². The maximum atomic E-state index is 5.70. The van der Waals surface area contributed by atoms with Gasteiger partial charge in [0, 0.05) is 23.2 Å². The third kappa shape index (κ3) is 5.46. The van der Waals surface area contributed by atoms with Gasteiger partial charge in [-0.2, -0.15) is 0 Å². The predicted molar refractivity (Wildman–Crippen MR) is 85.4 cm³/mol. The van der Waals surface area contributed by atoms with E-state index in [0.717, 1.165) is 27.9 Å². The number of hydrogen-bond acceptors (Lipinski definition) is 5. The lowest BCUT2D eigenvalue weighted by Gasteiger charge is -2.06. The summed E-state index contributed by atoms with van der Waals surface area (Å²) < 4.78 is 5.70. The van der Waals surface area contributed by atoms with E-state index in [4.69, 9.17) is 10.5 Å². The molecule has 4 nitrogen and oxygen atoms in total. The number of benzene rings is 1. The molecule has 0 fully saturated rings. The minimum absolute atomic E-state index is 0.359. The standard InChI is InChI=1S/C16H17N3OS/c1-13-7-9-18-16(19-13)21-11-10-20-15-6-2-4-14(12-15)5-3-8-17/h2,4,6-7,9,12H,8,10-11,17H2,1H3. The third-order valence-electron chi connectivity index (χ3n) is 2.52. The van der Waals surface area contributed by atoms with Gasteiger partial charge in [0.25, 0.3) is 0 Å². The van der Waals surface area contributed by atoms with Gasteiger partial charge in [0.15, 0.2) is 5.16 Å². The summed E-state index contributed by atoms with van der Waals surface area (Å²) >= 11 is 1.58. The second-order valence-electron chi connectivity index (χ2n) is 4.21. The summed E-state index contributed by atoms with van der Waals surface area (Å²) in [5.41, 5.74) is 7.24. The fraction of sp³-hybridized carbons (Fsp3) is 0.250. The molecule has 0 bridgehead atoms. The average molecular weight is 299 g/mol. The van der Waals surface area contributed by atoms with E-state index >= 15 is 0 Å². The Labute approximate surface area is 129 Å². The van der Waals surface area contributed by atoms with Gasteiger partial charge in [0.2, 0.25) is 0 Å². The molecule has 1 aromatic carbocycles. The summed E-state index contributed by atoms with van der Waals surface area (Å²) in [6.07, 6.45) is 1.77. The summed E-state index contributed by atoms with van der Waals surface area (Å²) in [5.74, 6) is 7.42. The first-order valence-corrected chi connectivity index (χ1v) is 7.61. The maximum absolute atomic E-state index is 5.70. The van der Waals surface area contributed by atoms with E-state index < -0.39 is 0 Å². The molecule has 0 saturated carbocycles. The Bertz CT molecular complexity index is 649. The fourth-order valence-corrected chi connectivity index (χ4v) is 2.30. The van der Waals surface area contributed by atoms with Gasteiger partial charge in [-0.25, -0.2) is 9.97 Å². The smallest absolute Gasteiger partial charge is 0.187 e. The molecule has 2 aromatic rings. The Morgan fingerprint density at radius 2 is 2.24 bits per heavy atom. The Kier molecular flexibility index (Phi) is 6.07. The van der Waals surface area contributed by atoms with E-state index in [9.17, 15) is 0 Å². The number of ether oxygens (including phenoxy) is 1. The quantitative estimate of drug-likeness (QED) is 0.397. The molecule has 0 spiro atoms. The lowest BCUT2D eigenvalue weighted by Crippen LogP contribution is -2.01. The van der Waals surface area contributed by atoms with Crippen LogP contribution < -0.4 is 10.5 Å². The predicted octanol–water partition coefficient (Wildman–Crippen LogP) is 2.27. The van der Waals surface area contributed by atoms with Crippen LogP contribution in [0.15, 0.2) is 41.7 Å². The number of nitrogens with two attached hydrogens (primary N) is 1. The van der Waals surface area contributed by atoms with Gasteiger partial charge in [-0.3, -0.25) is 0 Å². The number of rotatable bonds is 5. The van der Waals surface area contributed by atoms with Crippen LogP contribution in [0.25, 0.3) is 0 Å². The number of aromatic nitrogens is 2. The van der Waals surface area contributed by atoms with Crippen LogP contribution in [0.3, 0.4) is 0 Å². The second-order valence-corrected chi connectivity index (χ2v) is 5.27. The number of nitrogens with zero attached hydrogens (tertiary/aromatic N) is 2. The van der Waals surface area contributed by atoms with Crippen molar-refractivity contribution in [3.63, 3.8) is 0 Å². The van der Waals surface area contributed by atoms with Crippen molar-refractivity contribution in [3.8, 4) is 17.6 Å². The Morgan fingerprint density at radius 3 is 3.05 bits per heavy atom. The van der Waals surface area contributed by atoms with Crippen LogP contribution in [0.1, 0.15) is 11.3 Å². The molecule has 0 unspecified atom stereocenters. The first-order chi connectivity index (χ1) is 10.3. The van der Waals surface area contributed by atoms with Gasteiger partial charge in [0.1, 0.15) is 5.75 Å². The van der Waals surface area contributed by atoms with Crippen molar-refractivity contribution in [1.29, 1.82) is 0 Å². The monoisotopic (exact) mass is 299 g/mol. The van der Waals surface area contributed by atoms with Crippen molar-refractivity contribution in [3.05, 3.63) is 47.8 Å². The van der Waals surface area contributed by atoms with Crippen LogP contribution in [-0.4, -0.2) is 28.9 Å². The Morgan fingerprint density at radius 1 is 1.33 bits per heavy atom. The average Bonchev–Trinajstić information content (AvgIpc) is 2.50. The minimum atomic E-state index is 0.359. The maximum Gasteiger partial charge on any atom is 0.187 e. The molecular weight excluding hydrogens is 282 g/mol. The molecule has 2 N–H and O–H groups in total. The van der Waals surface area contributed by atoms with Gasteiger partial charge in [-0.05, 0) is 31.2 Å². The first kappa shape index (κ1) is 15.4. The Balaban J connectivity index is 1.81. The van der Waals surface area contributed by atoms with Crippen LogP contribution in [0.5, 0.6) is 5.75 Å². The van der Waals surface area contributed by atoms with Crippen LogP contribution in [0, 0.1) is 18.8 Å². The molecule has 0 aliphatic rings. The normalized spacial score (nSPS) is 9.81. The van der Waals surface area contributed by atoms with Crippen molar-refractivity contribution >= 4 is 11.8 Å². The highest BCUT2D eigenvalue weighted by Gasteiger charge is 1.99. The van der Waals surface area contributed by atoms with Crippen molar-refractivity contribution in [1.82, 2.24) is 9.97 Å². The minimum Gasteiger partial charge on any atom is -0.493 e. The molecule has 5 heteroatoms. The highest BCUT2D eigenvalue weighted by atomic mass is 32.2. The largest absolute Gasteiger partial charge is 0.493 e. The van der Waals surface area contributed by atoms with Gasteiger partial charge in [-0.15, -0.1) is 0 Å². The topological polar surface area (TPSA) is 61.0 Å². The van der Waals surface area contributed by atoms with Gasteiger partial charge < -0.3 is 10.5 Å². The van der Waals surface area contributed by atoms with E-state index in [0.29, 0.717) is 13.2 Å². The summed E-state index contributed by atoms with van der Waals surface area (Å²) in [6, 6.07) is 9.57. The highest BCUT2D eigenvalue weighted by molar-refractivity contribution is 7.99. The van der Waals surface area contributed by atoms with Crippen LogP contribution in [0.2, 0.25) is 0 Å². The molecule has 0 radical (unpaired) electrons. The Hall–Kier alpha value is -2.03. The summed E-state index contributed by atoms with van der Waals surface area (Å²) in [5, 5.41) is 0.779. The van der Waals surface area contributed by atoms with Crippen molar-refractivity contribution in [2.45, 2.75) is 12.1 Å². The molecular formula is C16H17N3OS. The van der Waals surface area contributed by atoms with Gasteiger partial charge >= 0.3 is 0 Å². The molecule has 2 rings (SSSR count).